The molecule has 2 N–H and O–H groups in total. The lowest BCUT2D eigenvalue weighted by molar-refractivity contribution is 0.372. The minimum atomic E-state index is -0.141. The smallest absolute Gasteiger partial charge is 0.119 e. The monoisotopic (exact) mass is 278 g/mol. The van der Waals surface area contributed by atoms with E-state index in [1.807, 2.05) is 0 Å². The van der Waals surface area contributed by atoms with Crippen molar-refractivity contribution in [3.8, 4) is 11.5 Å². The van der Waals surface area contributed by atoms with Crippen LogP contribution in [0.15, 0.2) is 12.1 Å². The van der Waals surface area contributed by atoms with Gasteiger partial charge in [-0.15, -0.1) is 0 Å². The summed E-state index contributed by atoms with van der Waals surface area (Å²) in [5.41, 5.74) is 1.55. The minimum Gasteiger partial charge on any atom is -0.508 e. The zero-order chi connectivity index (χ0) is 15.6. The van der Waals surface area contributed by atoms with Crippen LogP contribution >= 0.6 is 0 Å². The molecular formula is C18H30O2. The minimum absolute atomic E-state index is 0.141. The predicted octanol–water partition coefficient (Wildman–Crippen LogP) is 5.25. The van der Waals surface area contributed by atoms with Crippen molar-refractivity contribution >= 4 is 0 Å². The number of aromatic hydroxyl groups is 2. The van der Waals surface area contributed by atoms with Crippen molar-refractivity contribution in [3.05, 3.63) is 23.3 Å². The first-order valence-corrected chi connectivity index (χ1v) is 7.73. The van der Waals surface area contributed by atoms with Crippen molar-refractivity contribution in [2.75, 3.05) is 0 Å². The maximum atomic E-state index is 10.4. The highest BCUT2D eigenvalue weighted by molar-refractivity contribution is 5.54. The second-order valence-corrected chi connectivity index (χ2v) is 7.12. The highest BCUT2D eigenvalue weighted by atomic mass is 16.3. The SMILES string of the molecule is CCCC(C)(C)c1c(O)ccc(O)c1C(C)(C)CCC. The standard InChI is InChI=1S/C18H30O2/c1-7-11-17(3,4)15-13(19)9-10-14(20)16(15)18(5,6)12-8-2/h9-10,19-20H,7-8,11-12H2,1-6H3. The van der Waals surface area contributed by atoms with E-state index in [0.717, 1.165) is 36.8 Å². The highest BCUT2D eigenvalue weighted by Gasteiger charge is 2.34. The van der Waals surface area contributed by atoms with Crippen molar-refractivity contribution in [1.29, 1.82) is 0 Å². The summed E-state index contributed by atoms with van der Waals surface area (Å²) in [5, 5.41) is 20.8. The van der Waals surface area contributed by atoms with Crippen molar-refractivity contribution in [3.63, 3.8) is 0 Å². The summed E-state index contributed by atoms with van der Waals surface area (Å²) in [6.45, 7) is 12.9. The van der Waals surface area contributed by atoms with E-state index in [1.54, 1.807) is 12.1 Å². The van der Waals surface area contributed by atoms with Gasteiger partial charge in [-0.1, -0.05) is 54.4 Å². The van der Waals surface area contributed by atoms with Crippen LogP contribution in [0.3, 0.4) is 0 Å². The van der Waals surface area contributed by atoms with E-state index in [-0.39, 0.29) is 10.8 Å². The number of hydrogen-bond donors (Lipinski definition) is 2. The maximum absolute atomic E-state index is 10.4. The molecule has 114 valence electrons. The third-order valence-corrected chi connectivity index (χ3v) is 4.26. The molecule has 1 aromatic rings. The molecule has 0 aliphatic heterocycles. The molecule has 0 atom stereocenters. The van der Waals surface area contributed by atoms with Gasteiger partial charge in [0.1, 0.15) is 11.5 Å². The molecule has 0 aliphatic rings. The molecule has 0 heterocycles. The third kappa shape index (κ3) is 3.28. The topological polar surface area (TPSA) is 40.5 Å². The summed E-state index contributed by atoms with van der Waals surface area (Å²) in [6.07, 6.45) is 4.07. The van der Waals surface area contributed by atoms with Crippen LogP contribution in [0.4, 0.5) is 0 Å². The Labute approximate surface area is 123 Å². The van der Waals surface area contributed by atoms with E-state index in [0.29, 0.717) is 11.5 Å². The van der Waals surface area contributed by atoms with E-state index in [2.05, 4.69) is 41.5 Å². The molecule has 1 aromatic carbocycles. The lowest BCUT2D eigenvalue weighted by Crippen LogP contribution is -2.26. The number of phenolic OH excluding ortho intramolecular Hbond substituents is 2. The molecule has 0 amide bonds. The molecular weight excluding hydrogens is 248 g/mol. The van der Waals surface area contributed by atoms with Crippen molar-refractivity contribution in [2.45, 2.75) is 78.1 Å². The van der Waals surface area contributed by atoms with Gasteiger partial charge in [-0.25, -0.2) is 0 Å². The third-order valence-electron chi connectivity index (χ3n) is 4.26. The molecule has 2 heteroatoms. The van der Waals surface area contributed by atoms with Gasteiger partial charge in [0.15, 0.2) is 0 Å². The fourth-order valence-corrected chi connectivity index (χ4v) is 3.45. The van der Waals surface area contributed by atoms with E-state index in [4.69, 9.17) is 0 Å². The first kappa shape index (κ1) is 16.9. The van der Waals surface area contributed by atoms with Crippen LogP contribution in [-0.4, -0.2) is 10.2 Å². The van der Waals surface area contributed by atoms with Crippen LogP contribution in [0.1, 0.15) is 78.4 Å². The average molecular weight is 278 g/mol. The van der Waals surface area contributed by atoms with Crippen molar-refractivity contribution < 1.29 is 10.2 Å². The Morgan fingerprint density at radius 1 is 0.750 bits per heavy atom. The predicted molar refractivity (Wildman–Crippen MR) is 85.6 cm³/mol. The van der Waals surface area contributed by atoms with Gasteiger partial charge in [0.2, 0.25) is 0 Å². The van der Waals surface area contributed by atoms with Crippen LogP contribution in [-0.2, 0) is 10.8 Å². The molecule has 0 saturated carbocycles. The van der Waals surface area contributed by atoms with Gasteiger partial charge in [0.05, 0.1) is 0 Å². The zero-order valence-corrected chi connectivity index (χ0v) is 13.9. The second-order valence-electron chi connectivity index (χ2n) is 7.12. The molecule has 0 spiro atoms. The molecule has 0 radical (unpaired) electrons. The number of phenols is 2. The zero-order valence-electron chi connectivity index (χ0n) is 13.9. The molecule has 20 heavy (non-hydrogen) atoms. The summed E-state index contributed by atoms with van der Waals surface area (Å²) >= 11 is 0. The van der Waals surface area contributed by atoms with Gasteiger partial charge in [-0.05, 0) is 35.8 Å². The second kappa shape index (κ2) is 6.07. The Morgan fingerprint density at radius 2 is 1.05 bits per heavy atom. The van der Waals surface area contributed by atoms with Crippen LogP contribution in [0.2, 0.25) is 0 Å². The summed E-state index contributed by atoms with van der Waals surface area (Å²) in [6, 6.07) is 3.24. The van der Waals surface area contributed by atoms with Gasteiger partial charge in [-0.3, -0.25) is 0 Å². The molecule has 0 fully saturated rings. The lowest BCUT2D eigenvalue weighted by atomic mass is 9.69. The van der Waals surface area contributed by atoms with Gasteiger partial charge in [-0.2, -0.15) is 0 Å². The largest absolute Gasteiger partial charge is 0.508 e. The van der Waals surface area contributed by atoms with E-state index in [9.17, 15) is 10.2 Å². The quantitative estimate of drug-likeness (QED) is 0.697. The van der Waals surface area contributed by atoms with Crippen LogP contribution in [0, 0.1) is 0 Å². The molecule has 0 aromatic heterocycles. The highest BCUT2D eigenvalue weighted by Crippen LogP contribution is 2.47. The Hall–Kier alpha value is -1.18. The van der Waals surface area contributed by atoms with E-state index in [1.165, 1.54) is 0 Å². The van der Waals surface area contributed by atoms with E-state index < -0.39 is 0 Å². The average Bonchev–Trinajstić information content (AvgIpc) is 2.31. The Bertz CT molecular complexity index is 416. The first-order valence-electron chi connectivity index (χ1n) is 7.73. The van der Waals surface area contributed by atoms with Crippen LogP contribution in [0.25, 0.3) is 0 Å². The van der Waals surface area contributed by atoms with E-state index >= 15 is 0 Å². The van der Waals surface area contributed by atoms with Crippen LogP contribution < -0.4 is 0 Å². The molecule has 0 unspecified atom stereocenters. The molecule has 1 rings (SSSR count). The normalized spacial score (nSPS) is 12.7. The molecule has 0 bridgehead atoms. The lowest BCUT2D eigenvalue weighted by Gasteiger charge is -2.35. The summed E-state index contributed by atoms with van der Waals surface area (Å²) in [4.78, 5) is 0. The molecule has 0 aliphatic carbocycles. The maximum Gasteiger partial charge on any atom is 0.119 e. The van der Waals surface area contributed by atoms with Gasteiger partial charge in [0.25, 0.3) is 0 Å². The van der Waals surface area contributed by atoms with Crippen LogP contribution in [0.5, 0.6) is 11.5 Å². The van der Waals surface area contributed by atoms with Gasteiger partial charge < -0.3 is 10.2 Å². The van der Waals surface area contributed by atoms with Crippen molar-refractivity contribution in [1.82, 2.24) is 0 Å². The Morgan fingerprint density at radius 3 is 1.30 bits per heavy atom. The summed E-state index contributed by atoms with van der Waals surface area (Å²) in [5.74, 6) is 0.612. The number of rotatable bonds is 6. The van der Waals surface area contributed by atoms with Gasteiger partial charge >= 0.3 is 0 Å². The van der Waals surface area contributed by atoms with Gasteiger partial charge in [0, 0.05) is 11.1 Å². The first-order chi connectivity index (χ1) is 9.17. The number of hydrogen-bond acceptors (Lipinski definition) is 2. The fraction of sp³-hybridized carbons (Fsp3) is 0.667. The number of benzene rings is 1. The molecule has 0 saturated heterocycles. The van der Waals surface area contributed by atoms with Crippen molar-refractivity contribution in [2.24, 2.45) is 0 Å². The fourth-order valence-electron chi connectivity index (χ4n) is 3.45. The molecule has 2 nitrogen and oxygen atoms in total. The summed E-state index contributed by atoms with van der Waals surface area (Å²) < 4.78 is 0. The Kier molecular flexibility index (Phi) is 5.12. The Balaban J connectivity index is 3.54. The summed E-state index contributed by atoms with van der Waals surface area (Å²) in [7, 11) is 0.